The van der Waals surface area contributed by atoms with Crippen molar-refractivity contribution in [2.75, 3.05) is 26.0 Å². The van der Waals surface area contributed by atoms with E-state index in [1.54, 1.807) is 18.0 Å². The van der Waals surface area contributed by atoms with Crippen LogP contribution in [0.25, 0.3) is 0 Å². The molecule has 0 saturated carbocycles. The van der Waals surface area contributed by atoms with Gasteiger partial charge < -0.3 is 15.8 Å². The molecule has 0 atom stereocenters. The van der Waals surface area contributed by atoms with Gasteiger partial charge in [0.1, 0.15) is 0 Å². The SMILES string of the molecule is CCCn1cc(N)c(C(=O)NCCCOC)n1. The van der Waals surface area contributed by atoms with Crippen LogP contribution < -0.4 is 11.1 Å². The molecule has 0 bridgehead atoms. The number of nitrogens with one attached hydrogen (secondary N) is 1. The van der Waals surface area contributed by atoms with Gasteiger partial charge in [-0.15, -0.1) is 0 Å². The summed E-state index contributed by atoms with van der Waals surface area (Å²) in [5, 5.41) is 6.90. The molecular formula is C11H20N4O2. The summed E-state index contributed by atoms with van der Waals surface area (Å²) in [7, 11) is 1.63. The first kappa shape index (κ1) is 13.5. The topological polar surface area (TPSA) is 82.2 Å². The minimum absolute atomic E-state index is 0.228. The molecule has 6 heteroatoms. The number of nitrogens with zero attached hydrogens (tertiary/aromatic N) is 2. The monoisotopic (exact) mass is 240 g/mol. The van der Waals surface area contributed by atoms with E-state index >= 15 is 0 Å². The van der Waals surface area contributed by atoms with E-state index in [0.717, 1.165) is 19.4 Å². The molecule has 0 unspecified atom stereocenters. The van der Waals surface area contributed by atoms with Gasteiger partial charge in [0, 0.05) is 33.0 Å². The first-order chi connectivity index (χ1) is 8.19. The van der Waals surface area contributed by atoms with Crippen LogP contribution in [0.2, 0.25) is 0 Å². The van der Waals surface area contributed by atoms with Crippen LogP contribution in [0, 0.1) is 0 Å². The summed E-state index contributed by atoms with van der Waals surface area (Å²) < 4.78 is 6.59. The van der Waals surface area contributed by atoms with Crippen molar-refractivity contribution >= 4 is 11.6 Å². The number of rotatable bonds is 7. The fourth-order valence-corrected chi connectivity index (χ4v) is 1.46. The molecular weight excluding hydrogens is 220 g/mol. The highest BCUT2D eigenvalue weighted by Gasteiger charge is 2.13. The summed E-state index contributed by atoms with van der Waals surface area (Å²) in [6.45, 7) is 4.00. The van der Waals surface area contributed by atoms with Gasteiger partial charge in [0.05, 0.1) is 5.69 Å². The Morgan fingerprint density at radius 2 is 2.41 bits per heavy atom. The molecule has 17 heavy (non-hydrogen) atoms. The second-order valence-electron chi connectivity index (χ2n) is 3.80. The molecule has 0 aliphatic rings. The number of hydrogen-bond acceptors (Lipinski definition) is 4. The van der Waals surface area contributed by atoms with Gasteiger partial charge in [-0.05, 0) is 12.8 Å². The number of nitrogen functional groups attached to an aromatic ring is 1. The lowest BCUT2D eigenvalue weighted by Crippen LogP contribution is -2.26. The zero-order valence-electron chi connectivity index (χ0n) is 10.4. The van der Waals surface area contributed by atoms with Crippen LogP contribution >= 0.6 is 0 Å². The minimum atomic E-state index is -0.228. The van der Waals surface area contributed by atoms with Gasteiger partial charge in [-0.2, -0.15) is 5.10 Å². The quantitative estimate of drug-likeness (QED) is 0.685. The van der Waals surface area contributed by atoms with Crippen LogP contribution in [0.4, 0.5) is 5.69 Å². The van der Waals surface area contributed by atoms with Gasteiger partial charge in [-0.1, -0.05) is 6.92 Å². The van der Waals surface area contributed by atoms with E-state index in [2.05, 4.69) is 10.4 Å². The average Bonchev–Trinajstić information content (AvgIpc) is 2.66. The number of anilines is 1. The number of methoxy groups -OCH3 is 1. The molecule has 0 spiro atoms. The van der Waals surface area contributed by atoms with Gasteiger partial charge in [0.15, 0.2) is 5.69 Å². The number of aromatic nitrogens is 2. The molecule has 3 N–H and O–H groups in total. The van der Waals surface area contributed by atoms with E-state index in [1.165, 1.54) is 0 Å². The fraction of sp³-hybridized carbons (Fsp3) is 0.636. The highest BCUT2D eigenvalue weighted by atomic mass is 16.5. The van der Waals surface area contributed by atoms with Crippen molar-refractivity contribution in [1.82, 2.24) is 15.1 Å². The second-order valence-corrected chi connectivity index (χ2v) is 3.80. The van der Waals surface area contributed by atoms with Crippen LogP contribution in [0.15, 0.2) is 6.20 Å². The van der Waals surface area contributed by atoms with Crippen molar-refractivity contribution in [2.45, 2.75) is 26.3 Å². The number of carbonyl (C=O) groups excluding carboxylic acids is 1. The minimum Gasteiger partial charge on any atom is -0.396 e. The smallest absolute Gasteiger partial charge is 0.273 e. The first-order valence-electron chi connectivity index (χ1n) is 5.79. The van der Waals surface area contributed by atoms with E-state index in [-0.39, 0.29) is 5.91 Å². The molecule has 1 amide bonds. The van der Waals surface area contributed by atoms with E-state index in [9.17, 15) is 4.79 Å². The van der Waals surface area contributed by atoms with Crippen molar-refractivity contribution in [1.29, 1.82) is 0 Å². The highest BCUT2D eigenvalue weighted by Crippen LogP contribution is 2.09. The number of nitrogens with two attached hydrogens (primary N) is 1. The van der Waals surface area contributed by atoms with Gasteiger partial charge in [0.25, 0.3) is 5.91 Å². The third kappa shape index (κ3) is 4.07. The molecule has 1 rings (SSSR count). The van der Waals surface area contributed by atoms with E-state index in [4.69, 9.17) is 10.5 Å². The Morgan fingerprint density at radius 1 is 1.65 bits per heavy atom. The molecule has 6 nitrogen and oxygen atoms in total. The van der Waals surface area contributed by atoms with Gasteiger partial charge in [-0.3, -0.25) is 9.48 Å². The summed E-state index contributed by atoms with van der Waals surface area (Å²) in [5.41, 5.74) is 6.45. The largest absolute Gasteiger partial charge is 0.396 e. The molecule has 1 heterocycles. The normalized spacial score (nSPS) is 10.5. The number of hydrogen-bond donors (Lipinski definition) is 2. The van der Waals surface area contributed by atoms with Crippen LogP contribution in [0.1, 0.15) is 30.3 Å². The van der Waals surface area contributed by atoms with Crippen molar-refractivity contribution in [2.24, 2.45) is 0 Å². The Kier molecular flexibility index (Phi) is 5.48. The average molecular weight is 240 g/mol. The second kappa shape index (κ2) is 6.90. The zero-order valence-corrected chi connectivity index (χ0v) is 10.4. The maximum atomic E-state index is 11.7. The van der Waals surface area contributed by atoms with Crippen molar-refractivity contribution in [3.63, 3.8) is 0 Å². The zero-order chi connectivity index (χ0) is 12.7. The maximum Gasteiger partial charge on any atom is 0.273 e. The number of ether oxygens (including phenoxy) is 1. The number of amides is 1. The van der Waals surface area contributed by atoms with Gasteiger partial charge >= 0.3 is 0 Å². The van der Waals surface area contributed by atoms with Crippen molar-refractivity contribution < 1.29 is 9.53 Å². The molecule has 0 aliphatic heterocycles. The third-order valence-electron chi connectivity index (χ3n) is 2.27. The Bertz CT molecular complexity index is 362. The van der Waals surface area contributed by atoms with Crippen molar-refractivity contribution in [3.8, 4) is 0 Å². The third-order valence-corrected chi connectivity index (χ3v) is 2.27. The molecule has 1 aromatic heterocycles. The van der Waals surface area contributed by atoms with E-state index in [0.29, 0.717) is 24.5 Å². The van der Waals surface area contributed by atoms with Crippen LogP contribution in [-0.2, 0) is 11.3 Å². The summed E-state index contributed by atoms with van der Waals surface area (Å²) in [6.07, 6.45) is 3.42. The maximum absolute atomic E-state index is 11.7. The lowest BCUT2D eigenvalue weighted by atomic mass is 10.3. The molecule has 1 aromatic rings. The van der Waals surface area contributed by atoms with Crippen LogP contribution in [0.3, 0.4) is 0 Å². The fourth-order valence-electron chi connectivity index (χ4n) is 1.46. The predicted molar refractivity (Wildman–Crippen MR) is 65.8 cm³/mol. The predicted octanol–water partition coefficient (Wildman–Crippen LogP) is 0.642. The number of aryl methyl sites for hydroxylation is 1. The summed E-state index contributed by atoms with van der Waals surface area (Å²) in [4.78, 5) is 11.7. The van der Waals surface area contributed by atoms with Crippen molar-refractivity contribution in [3.05, 3.63) is 11.9 Å². The van der Waals surface area contributed by atoms with Gasteiger partial charge in [0.2, 0.25) is 0 Å². The summed E-state index contributed by atoms with van der Waals surface area (Å²) >= 11 is 0. The van der Waals surface area contributed by atoms with E-state index in [1.807, 2.05) is 6.92 Å². The van der Waals surface area contributed by atoms with Crippen LogP contribution in [0.5, 0.6) is 0 Å². The van der Waals surface area contributed by atoms with E-state index < -0.39 is 0 Å². The molecule has 0 radical (unpaired) electrons. The Hall–Kier alpha value is -1.56. The summed E-state index contributed by atoms with van der Waals surface area (Å²) in [5.74, 6) is -0.228. The molecule has 0 saturated heterocycles. The Balaban J connectivity index is 2.50. The lowest BCUT2D eigenvalue weighted by molar-refractivity contribution is 0.0943. The van der Waals surface area contributed by atoms with Gasteiger partial charge in [-0.25, -0.2) is 0 Å². The van der Waals surface area contributed by atoms with Crippen LogP contribution in [-0.4, -0.2) is 35.9 Å². The molecule has 0 fully saturated rings. The molecule has 0 aliphatic carbocycles. The number of carbonyl (C=O) groups is 1. The first-order valence-corrected chi connectivity index (χ1v) is 5.79. The lowest BCUT2D eigenvalue weighted by Gasteiger charge is -2.02. The Morgan fingerprint density at radius 3 is 3.06 bits per heavy atom. The Labute approximate surface area is 101 Å². The molecule has 0 aromatic carbocycles. The summed E-state index contributed by atoms with van der Waals surface area (Å²) in [6, 6.07) is 0. The molecule has 96 valence electrons. The standard InChI is InChI=1S/C11H20N4O2/c1-3-6-15-8-9(12)10(14-15)11(16)13-5-4-7-17-2/h8H,3-7,12H2,1-2H3,(H,13,16). The highest BCUT2D eigenvalue weighted by molar-refractivity contribution is 5.96.